The average molecular weight is 284 g/mol. The lowest BCUT2D eigenvalue weighted by molar-refractivity contribution is 0.198. The maximum atomic E-state index is 13.0. The van der Waals surface area contributed by atoms with E-state index < -0.39 is 11.6 Å². The molecule has 0 atom stereocenters. The first kappa shape index (κ1) is 14.4. The first-order valence-electron chi connectivity index (χ1n) is 5.92. The summed E-state index contributed by atoms with van der Waals surface area (Å²) in [5.41, 5.74) is 0.199. The normalized spacial score (nSPS) is 10.8. The third-order valence-electron chi connectivity index (χ3n) is 2.34. The largest absolute Gasteiger partial charge is 0.406 e. The number of hydrogen-bond donors (Lipinski definition) is 2. The molecular formula is C12H14F2N4O2. The van der Waals surface area contributed by atoms with Gasteiger partial charge in [0.05, 0.1) is 13.2 Å². The summed E-state index contributed by atoms with van der Waals surface area (Å²) in [6, 6.07) is 3.11. The van der Waals surface area contributed by atoms with E-state index in [0.717, 1.165) is 18.2 Å². The second kappa shape index (κ2) is 6.92. The number of nitrogens with one attached hydrogen (secondary N) is 2. The van der Waals surface area contributed by atoms with Crippen LogP contribution < -0.4 is 10.6 Å². The van der Waals surface area contributed by atoms with Crippen molar-refractivity contribution in [2.75, 3.05) is 25.6 Å². The molecule has 6 nitrogen and oxygen atoms in total. The standard InChI is InChI=1S/C12H14F2N4O2/c1-19-3-2-15-7-11-17-18-12(20-11)16-10-5-8(13)4-9(14)6-10/h4-6,15H,2-3,7H2,1H3,(H,16,18). The van der Waals surface area contributed by atoms with Crippen molar-refractivity contribution in [2.45, 2.75) is 6.54 Å². The summed E-state index contributed by atoms with van der Waals surface area (Å²) < 4.78 is 36.2. The summed E-state index contributed by atoms with van der Waals surface area (Å²) in [7, 11) is 1.61. The Hall–Kier alpha value is -2.06. The molecule has 1 aromatic carbocycles. The first-order chi connectivity index (χ1) is 9.67. The SMILES string of the molecule is COCCNCc1nnc(Nc2cc(F)cc(F)c2)o1. The molecule has 0 saturated carbocycles. The van der Waals surface area contributed by atoms with Gasteiger partial charge in [-0.15, -0.1) is 5.10 Å². The van der Waals surface area contributed by atoms with Gasteiger partial charge >= 0.3 is 6.01 Å². The van der Waals surface area contributed by atoms with Gasteiger partial charge in [-0.1, -0.05) is 5.10 Å². The van der Waals surface area contributed by atoms with Crippen molar-refractivity contribution in [3.05, 3.63) is 35.7 Å². The second-order valence-electron chi connectivity index (χ2n) is 3.95. The number of nitrogens with zero attached hydrogens (tertiary/aromatic N) is 2. The van der Waals surface area contributed by atoms with Crippen LogP contribution in [0.1, 0.15) is 5.89 Å². The lowest BCUT2D eigenvalue weighted by Crippen LogP contribution is -2.18. The predicted molar refractivity (Wildman–Crippen MR) is 67.5 cm³/mol. The van der Waals surface area contributed by atoms with Crippen LogP contribution in [0, 0.1) is 11.6 Å². The first-order valence-corrected chi connectivity index (χ1v) is 5.92. The number of anilines is 2. The molecule has 0 aliphatic heterocycles. The molecule has 1 heterocycles. The lowest BCUT2D eigenvalue weighted by atomic mass is 10.3. The van der Waals surface area contributed by atoms with Crippen LogP contribution in [-0.2, 0) is 11.3 Å². The van der Waals surface area contributed by atoms with Crippen LogP contribution in [0.2, 0.25) is 0 Å². The van der Waals surface area contributed by atoms with E-state index in [4.69, 9.17) is 9.15 Å². The van der Waals surface area contributed by atoms with Gasteiger partial charge in [0, 0.05) is 25.4 Å². The number of hydrogen-bond acceptors (Lipinski definition) is 6. The topological polar surface area (TPSA) is 72.2 Å². The predicted octanol–water partition coefficient (Wildman–Crippen LogP) is 1.83. The number of benzene rings is 1. The molecule has 0 spiro atoms. The van der Waals surface area contributed by atoms with Crippen LogP contribution in [0.15, 0.2) is 22.6 Å². The molecule has 0 unspecified atom stereocenters. The molecule has 0 amide bonds. The number of aromatic nitrogens is 2. The third kappa shape index (κ3) is 4.25. The van der Waals surface area contributed by atoms with Gasteiger partial charge in [-0.3, -0.25) is 0 Å². The molecule has 2 aromatic rings. The van der Waals surface area contributed by atoms with E-state index in [-0.39, 0.29) is 11.7 Å². The molecule has 2 N–H and O–H groups in total. The van der Waals surface area contributed by atoms with Crippen molar-refractivity contribution in [3.63, 3.8) is 0 Å². The van der Waals surface area contributed by atoms with Crippen LogP contribution in [0.3, 0.4) is 0 Å². The van der Waals surface area contributed by atoms with E-state index in [1.807, 2.05) is 0 Å². The summed E-state index contributed by atoms with van der Waals surface area (Å²) in [5, 5.41) is 13.2. The molecule has 0 aliphatic carbocycles. The lowest BCUT2D eigenvalue weighted by Gasteiger charge is -2.01. The summed E-state index contributed by atoms with van der Waals surface area (Å²) in [6.07, 6.45) is 0. The zero-order valence-electron chi connectivity index (χ0n) is 10.8. The van der Waals surface area contributed by atoms with Crippen molar-refractivity contribution < 1.29 is 17.9 Å². The highest BCUT2D eigenvalue weighted by atomic mass is 19.1. The van der Waals surface area contributed by atoms with E-state index in [2.05, 4.69) is 20.8 Å². The van der Waals surface area contributed by atoms with Crippen LogP contribution >= 0.6 is 0 Å². The Morgan fingerprint density at radius 2 is 1.95 bits per heavy atom. The highest BCUT2D eigenvalue weighted by Crippen LogP contribution is 2.17. The Morgan fingerprint density at radius 1 is 1.20 bits per heavy atom. The highest BCUT2D eigenvalue weighted by Gasteiger charge is 2.07. The number of methoxy groups -OCH3 is 1. The third-order valence-corrected chi connectivity index (χ3v) is 2.34. The van der Waals surface area contributed by atoms with Crippen molar-refractivity contribution in [3.8, 4) is 0 Å². The number of halogens is 2. The van der Waals surface area contributed by atoms with Crippen LogP contribution in [0.5, 0.6) is 0 Å². The van der Waals surface area contributed by atoms with Crippen LogP contribution in [0.4, 0.5) is 20.5 Å². The summed E-state index contributed by atoms with van der Waals surface area (Å²) >= 11 is 0. The molecule has 1 aromatic heterocycles. The van der Waals surface area contributed by atoms with E-state index in [1.165, 1.54) is 0 Å². The second-order valence-corrected chi connectivity index (χ2v) is 3.95. The van der Waals surface area contributed by atoms with Crippen molar-refractivity contribution in [1.82, 2.24) is 15.5 Å². The van der Waals surface area contributed by atoms with Crippen LogP contribution in [-0.4, -0.2) is 30.5 Å². The Kier molecular flexibility index (Phi) is 4.97. The quantitative estimate of drug-likeness (QED) is 0.756. The minimum atomic E-state index is -0.687. The number of ether oxygens (including phenoxy) is 1. The molecule has 0 bridgehead atoms. The molecule has 8 heteroatoms. The molecule has 0 saturated heterocycles. The van der Waals surface area contributed by atoms with E-state index in [9.17, 15) is 8.78 Å². The fraction of sp³-hybridized carbons (Fsp3) is 0.333. The summed E-state index contributed by atoms with van der Waals surface area (Å²) in [4.78, 5) is 0. The highest BCUT2D eigenvalue weighted by molar-refractivity contribution is 5.51. The van der Waals surface area contributed by atoms with Gasteiger partial charge in [-0.2, -0.15) is 0 Å². The maximum Gasteiger partial charge on any atom is 0.320 e. The van der Waals surface area contributed by atoms with Gasteiger partial charge in [0.25, 0.3) is 0 Å². The monoisotopic (exact) mass is 284 g/mol. The molecule has 0 aliphatic rings. The van der Waals surface area contributed by atoms with E-state index in [1.54, 1.807) is 7.11 Å². The molecule has 20 heavy (non-hydrogen) atoms. The Morgan fingerprint density at radius 3 is 2.65 bits per heavy atom. The summed E-state index contributed by atoms with van der Waals surface area (Å²) in [6.45, 7) is 1.61. The molecule has 0 radical (unpaired) electrons. The van der Waals surface area contributed by atoms with Gasteiger partial charge < -0.3 is 19.8 Å². The molecule has 108 valence electrons. The maximum absolute atomic E-state index is 13.0. The zero-order chi connectivity index (χ0) is 14.4. The molecular weight excluding hydrogens is 270 g/mol. The summed E-state index contributed by atoms with van der Waals surface area (Å²) in [5.74, 6) is -1.01. The van der Waals surface area contributed by atoms with E-state index in [0.29, 0.717) is 25.6 Å². The Bertz CT molecular complexity index is 542. The fourth-order valence-electron chi connectivity index (χ4n) is 1.49. The van der Waals surface area contributed by atoms with Crippen molar-refractivity contribution in [1.29, 1.82) is 0 Å². The Labute approximate surface area is 114 Å². The van der Waals surface area contributed by atoms with Gasteiger partial charge in [-0.05, 0) is 12.1 Å². The van der Waals surface area contributed by atoms with Gasteiger partial charge in [-0.25, -0.2) is 8.78 Å². The van der Waals surface area contributed by atoms with Crippen LogP contribution in [0.25, 0.3) is 0 Å². The number of rotatable bonds is 7. The minimum Gasteiger partial charge on any atom is -0.406 e. The van der Waals surface area contributed by atoms with Gasteiger partial charge in [0.1, 0.15) is 11.6 Å². The smallest absolute Gasteiger partial charge is 0.320 e. The van der Waals surface area contributed by atoms with Gasteiger partial charge in [0.15, 0.2) is 0 Å². The van der Waals surface area contributed by atoms with Crippen molar-refractivity contribution >= 4 is 11.7 Å². The zero-order valence-corrected chi connectivity index (χ0v) is 10.8. The van der Waals surface area contributed by atoms with E-state index >= 15 is 0 Å². The molecule has 2 rings (SSSR count). The minimum absolute atomic E-state index is 0.0681. The van der Waals surface area contributed by atoms with Crippen molar-refractivity contribution in [2.24, 2.45) is 0 Å². The van der Waals surface area contributed by atoms with Gasteiger partial charge in [0.2, 0.25) is 5.89 Å². The average Bonchev–Trinajstić information content (AvgIpc) is 2.81. The Balaban J connectivity index is 1.92. The molecule has 0 fully saturated rings. The fourth-order valence-corrected chi connectivity index (χ4v) is 1.49.